The Balaban J connectivity index is 2.26. The molecule has 1 aliphatic rings. The van der Waals surface area contributed by atoms with Crippen molar-refractivity contribution in [2.24, 2.45) is 5.73 Å². The lowest BCUT2D eigenvalue weighted by Gasteiger charge is -2.39. The number of likely N-dealkylation sites (tertiary alicyclic amines) is 1. The molecule has 3 unspecified atom stereocenters. The predicted molar refractivity (Wildman–Crippen MR) is 79.9 cm³/mol. The second-order valence-corrected chi connectivity index (χ2v) is 5.73. The van der Waals surface area contributed by atoms with E-state index in [4.69, 9.17) is 5.73 Å². The summed E-state index contributed by atoms with van der Waals surface area (Å²) in [6, 6.07) is 5.38. The number of aromatic nitrogens is 1. The van der Waals surface area contributed by atoms with Gasteiger partial charge < -0.3 is 5.73 Å². The van der Waals surface area contributed by atoms with Gasteiger partial charge in [-0.1, -0.05) is 19.8 Å². The van der Waals surface area contributed by atoms with Crippen LogP contribution in [0.5, 0.6) is 0 Å². The fourth-order valence-electron chi connectivity index (χ4n) is 3.36. The Kier molecular flexibility index (Phi) is 5.34. The van der Waals surface area contributed by atoms with Gasteiger partial charge in [-0.05, 0) is 50.4 Å². The molecule has 0 saturated carbocycles. The Labute approximate surface area is 117 Å². The number of hydrogen-bond donors (Lipinski definition) is 1. The van der Waals surface area contributed by atoms with Crippen LogP contribution in [0, 0.1) is 0 Å². The van der Waals surface area contributed by atoms with Crippen LogP contribution in [0.4, 0.5) is 0 Å². The molecule has 0 aliphatic carbocycles. The monoisotopic (exact) mass is 261 g/mol. The Morgan fingerprint density at radius 2 is 2.05 bits per heavy atom. The van der Waals surface area contributed by atoms with Crippen molar-refractivity contribution in [1.82, 2.24) is 9.88 Å². The third-order valence-electron chi connectivity index (χ3n) is 4.30. The summed E-state index contributed by atoms with van der Waals surface area (Å²) in [5, 5.41) is 0. The van der Waals surface area contributed by atoms with Gasteiger partial charge in [0.1, 0.15) is 0 Å². The molecule has 1 aromatic rings. The molecule has 0 aromatic carbocycles. The van der Waals surface area contributed by atoms with Crippen LogP contribution in [0.3, 0.4) is 0 Å². The van der Waals surface area contributed by atoms with Gasteiger partial charge in [-0.25, -0.2) is 0 Å². The molecule has 3 atom stereocenters. The molecule has 2 rings (SSSR count). The zero-order valence-corrected chi connectivity index (χ0v) is 12.3. The number of pyridine rings is 1. The van der Waals surface area contributed by atoms with E-state index in [1.807, 2.05) is 12.4 Å². The number of hydrogen-bond acceptors (Lipinski definition) is 3. The molecule has 1 aliphatic heterocycles. The van der Waals surface area contributed by atoms with Crippen LogP contribution >= 0.6 is 0 Å². The van der Waals surface area contributed by atoms with Gasteiger partial charge >= 0.3 is 0 Å². The summed E-state index contributed by atoms with van der Waals surface area (Å²) in [5.41, 5.74) is 7.62. The molecule has 0 radical (unpaired) electrons. The molecule has 0 spiro atoms. The van der Waals surface area contributed by atoms with Gasteiger partial charge in [0.05, 0.1) is 6.04 Å². The summed E-state index contributed by atoms with van der Waals surface area (Å²) in [7, 11) is 0. The summed E-state index contributed by atoms with van der Waals surface area (Å²) >= 11 is 0. The first kappa shape index (κ1) is 14.5. The van der Waals surface area contributed by atoms with Gasteiger partial charge in [0.25, 0.3) is 0 Å². The molecule has 2 heterocycles. The normalized spacial score (nSPS) is 24.7. The second-order valence-electron chi connectivity index (χ2n) is 5.73. The van der Waals surface area contributed by atoms with E-state index in [0.29, 0.717) is 12.1 Å². The third-order valence-corrected chi connectivity index (χ3v) is 4.30. The van der Waals surface area contributed by atoms with Gasteiger partial charge in [-0.3, -0.25) is 9.88 Å². The average molecular weight is 261 g/mol. The molecule has 106 valence electrons. The van der Waals surface area contributed by atoms with Gasteiger partial charge in [0.15, 0.2) is 0 Å². The van der Waals surface area contributed by atoms with Crippen LogP contribution in [0.1, 0.15) is 57.6 Å². The van der Waals surface area contributed by atoms with Crippen molar-refractivity contribution in [2.45, 2.75) is 64.1 Å². The fourth-order valence-corrected chi connectivity index (χ4v) is 3.36. The van der Waals surface area contributed by atoms with E-state index in [1.165, 1.54) is 44.2 Å². The van der Waals surface area contributed by atoms with Crippen LogP contribution in [-0.2, 0) is 0 Å². The summed E-state index contributed by atoms with van der Waals surface area (Å²) in [6.07, 6.45) is 10.3. The highest BCUT2D eigenvalue weighted by Gasteiger charge is 2.29. The molecule has 0 amide bonds. The van der Waals surface area contributed by atoms with E-state index in [2.05, 4.69) is 35.9 Å². The lowest BCUT2D eigenvalue weighted by atomic mass is 9.96. The number of nitrogens with two attached hydrogens (primary N) is 1. The first-order chi connectivity index (χ1) is 9.24. The fraction of sp³-hybridized carbons (Fsp3) is 0.688. The van der Waals surface area contributed by atoms with E-state index in [-0.39, 0.29) is 6.04 Å². The molecule has 2 N–H and O–H groups in total. The zero-order chi connectivity index (χ0) is 13.7. The topological polar surface area (TPSA) is 42.2 Å². The molecule has 1 fully saturated rings. The molecule has 3 heteroatoms. The summed E-state index contributed by atoms with van der Waals surface area (Å²) in [5.74, 6) is 0. The van der Waals surface area contributed by atoms with E-state index in [9.17, 15) is 0 Å². The largest absolute Gasteiger partial charge is 0.326 e. The summed E-state index contributed by atoms with van der Waals surface area (Å²) in [6.45, 7) is 5.60. The SMILES string of the molecule is CCC1CCCCCN1C(c1ccncc1)C(C)N. The standard InChI is InChI=1S/C16H27N3/c1-3-15-7-5-4-6-12-19(15)16(13(2)17)14-8-10-18-11-9-14/h8-11,13,15-16H,3-7,12,17H2,1-2H3. The van der Waals surface area contributed by atoms with Crippen molar-refractivity contribution in [1.29, 1.82) is 0 Å². The van der Waals surface area contributed by atoms with Crippen molar-refractivity contribution >= 4 is 0 Å². The lowest BCUT2D eigenvalue weighted by molar-refractivity contribution is 0.117. The van der Waals surface area contributed by atoms with Crippen LogP contribution in [0.2, 0.25) is 0 Å². The van der Waals surface area contributed by atoms with Crippen molar-refractivity contribution < 1.29 is 0 Å². The minimum Gasteiger partial charge on any atom is -0.326 e. The second kappa shape index (κ2) is 7.01. The minimum absolute atomic E-state index is 0.148. The van der Waals surface area contributed by atoms with Crippen LogP contribution in [0.25, 0.3) is 0 Å². The van der Waals surface area contributed by atoms with Crippen molar-refractivity contribution in [3.8, 4) is 0 Å². The highest BCUT2D eigenvalue weighted by molar-refractivity contribution is 5.17. The van der Waals surface area contributed by atoms with E-state index >= 15 is 0 Å². The van der Waals surface area contributed by atoms with E-state index in [0.717, 1.165) is 0 Å². The van der Waals surface area contributed by atoms with Crippen molar-refractivity contribution in [3.63, 3.8) is 0 Å². The van der Waals surface area contributed by atoms with Crippen LogP contribution in [0.15, 0.2) is 24.5 Å². The zero-order valence-electron chi connectivity index (χ0n) is 12.3. The van der Waals surface area contributed by atoms with Crippen LogP contribution < -0.4 is 5.73 Å². The average Bonchev–Trinajstić information content (AvgIpc) is 2.65. The molecular formula is C16H27N3. The molecule has 3 nitrogen and oxygen atoms in total. The van der Waals surface area contributed by atoms with Crippen molar-refractivity contribution in [2.75, 3.05) is 6.54 Å². The molecular weight excluding hydrogens is 234 g/mol. The lowest BCUT2D eigenvalue weighted by Crippen LogP contribution is -2.44. The Hall–Kier alpha value is -0.930. The van der Waals surface area contributed by atoms with Crippen molar-refractivity contribution in [3.05, 3.63) is 30.1 Å². The van der Waals surface area contributed by atoms with Gasteiger partial charge in [0.2, 0.25) is 0 Å². The van der Waals surface area contributed by atoms with E-state index in [1.54, 1.807) is 0 Å². The predicted octanol–water partition coefficient (Wildman–Crippen LogP) is 3.12. The van der Waals surface area contributed by atoms with Gasteiger partial charge in [0, 0.05) is 24.5 Å². The van der Waals surface area contributed by atoms with E-state index < -0.39 is 0 Å². The number of rotatable bonds is 4. The third kappa shape index (κ3) is 3.54. The first-order valence-electron chi connectivity index (χ1n) is 7.65. The quantitative estimate of drug-likeness (QED) is 0.905. The maximum atomic E-state index is 6.31. The molecule has 1 aromatic heterocycles. The molecule has 1 saturated heterocycles. The summed E-state index contributed by atoms with van der Waals surface area (Å²) < 4.78 is 0. The summed E-state index contributed by atoms with van der Waals surface area (Å²) in [4.78, 5) is 6.78. The van der Waals surface area contributed by atoms with Gasteiger partial charge in [-0.15, -0.1) is 0 Å². The maximum Gasteiger partial charge on any atom is 0.0500 e. The smallest absolute Gasteiger partial charge is 0.0500 e. The molecule has 0 bridgehead atoms. The Bertz CT molecular complexity index is 364. The number of nitrogens with zero attached hydrogens (tertiary/aromatic N) is 2. The van der Waals surface area contributed by atoms with Crippen LogP contribution in [-0.4, -0.2) is 28.5 Å². The Morgan fingerprint density at radius 3 is 2.68 bits per heavy atom. The minimum atomic E-state index is 0.148. The highest BCUT2D eigenvalue weighted by Crippen LogP contribution is 2.30. The Morgan fingerprint density at radius 1 is 1.32 bits per heavy atom. The van der Waals surface area contributed by atoms with Gasteiger partial charge in [-0.2, -0.15) is 0 Å². The maximum absolute atomic E-state index is 6.31. The molecule has 19 heavy (non-hydrogen) atoms. The first-order valence-corrected chi connectivity index (χ1v) is 7.65. The highest BCUT2D eigenvalue weighted by atomic mass is 15.2.